The highest BCUT2D eigenvalue weighted by atomic mass is 127. The Morgan fingerprint density at radius 3 is 2.62 bits per heavy atom. The highest BCUT2D eigenvalue weighted by Crippen LogP contribution is 2.27. The van der Waals surface area contributed by atoms with Crippen molar-refractivity contribution in [3.8, 4) is 0 Å². The Kier molecular flexibility index (Phi) is 10.7. The molecule has 1 saturated heterocycles. The number of nitrogens with one attached hydrogen (secondary N) is 3. The van der Waals surface area contributed by atoms with Crippen LogP contribution in [0.5, 0.6) is 0 Å². The van der Waals surface area contributed by atoms with E-state index in [4.69, 9.17) is 0 Å². The number of benzene rings is 1. The number of rotatable bonds is 7. The molecule has 1 aromatic rings. The molecule has 1 aromatic carbocycles. The van der Waals surface area contributed by atoms with Crippen molar-refractivity contribution in [1.29, 1.82) is 0 Å². The molecule has 2 fully saturated rings. The Morgan fingerprint density at radius 1 is 1.19 bits per heavy atom. The molecule has 0 spiro atoms. The molecule has 8 nitrogen and oxygen atoms in total. The van der Waals surface area contributed by atoms with Crippen LogP contribution in [0.4, 0.5) is 5.69 Å². The van der Waals surface area contributed by atoms with Crippen LogP contribution in [0.15, 0.2) is 29.3 Å². The molecule has 3 rings (SSSR count). The van der Waals surface area contributed by atoms with E-state index in [1.807, 2.05) is 48.2 Å². The standard InChI is InChI=1S/C23H36N6O2.HI/c1-24-23(27-20-11-12-29(15-20)22(31)18-8-4-5-9-18)25-14-17-7-6-10-19(13-17)26-21(30)16-28(2)3;/h6-7,10,13,18,20H,4-5,8-9,11-12,14-16H2,1-3H3,(H,26,30)(H2,24,25,27);1H. The summed E-state index contributed by atoms with van der Waals surface area (Å²) < 4.78 is 0. The Labute approximate surface area is 208 Å². The van der Waals surface area contributed by atoms with Gasteiger partial charge in [0, 0.05) is 44.3 Å². The highest BCUT2D eigenvalue weighted by molar-refractivity contribution is 14.0. The predicted molar refractivity (Wildman–Crippen MR) is 139 cm³/mol. The van der Waals surface area contributed by atoms with Gasteiger partial charge in [-0.3, -0.25) is 14.6 Å². The summed E-state index contributed by atoms with van der Waals surface area (Å²) in [5.41, 5.74) is 1.83. The zero-order chi connectivity index (χ0) is 22.2. The number of carbonyl (C=O) groups is 2. The molecule has 1 heterocycles. The minimum Gasteiger partial charge on any atom is -0.352 e. The summed E-state index contributed by atoms with van der Waals surface area (Å²) >= 11 is 0. The summed E-state index contributed by atoms with van der Waals surface area (Å²) in [6.07, 6.45) is 5.40. The number of carbonyl (C=O) groups excluding carboxylic acids is 2. The zero-order valence-corrected chi connectivity index (χ0v) is 21.7. The third kappa shape index (κ3) is 7.91. The van der Waals surface area contributed by atoms with Crippen molar-refractivity contribution in [3.05, 3.63) is 29.8 Å². The van der Waals surface area contributed by atoms with Crippen molar-refractivity contribution in [3.63, 3.8) is 0 Å². The van der Waals surface area contributed by atoms with Gasteiger partial charge in [0.05, 0.1) is 6.54 Å². The number of anilines is 1. The van der Waals surface area contributed by atoms with Crippen LogP contribution in [0.3, 0.4) is 0 Å². The van der Waals surface area contributed by atoms with Crippen LogP contribution in [-0.2, 0) is 16.1 Å². The Hall–Kier alpha value is -1.88. The van der Waals surface area contributed by atoms with Crippen molar-refractivity contribution in [1.82, 2.24) is 20.4 Å². The van der Waals surface area contributed by atoms with E-state index in [-0.39, 0.29) is 41.8 Å². The van der Waals surface area contributed by atoms with Crippen LogP contribution < -0.4 is 16.0 Å². The lowest BCUT2D eigenvalue weighted by molar-refractivity contribution is -0.134. The minimum absolute atomic E-state index is 0. The highest BCUT2D eigenvalue weighted by Gasteiger charge is 2.32. The van der Waals surface area contributed by atoms with E-state index in [0.29, 0.717) is 19.0 Å². The number of halogens is 1. The van der Waals surface area contributed by atoms with Crippen LogP contribution in [0.25, 0.3) is 0 Å². The van der Waals surface area contributed by atoms with E-state index in [0.717, 1.165) is 49.6 Å². The van der Waals surface area contributed by atoms with E-state index in [2.05, 4.69) is 20.9 Å². The molecule has 1 atom stereocenters. The van der Waals surface area contributed by atoms with Gasteiger partial charge in [0.15, 0.2) is 5.96 Å². The molecule has 32 heavy (non-hydrogen) atoms. The predicted octanol–water partition coefficient (Wildman–Crippen LogP) is 2.26. The van der Waals surface area contributed by atoms with E-state index in [1.54, 1.807) is 7.05 Å². The number of amides is 2. The normalized spacial score (nSPS) is 19.1. The molecule has 2 aliphatic rings. The van der Waals surface area contributed by atoms with Crippen LogP contribution >= 0.6 is 24.0 Å². The van der Waals surface area contributed by atoms with Crippen molar-refractivity contribution < 1.29 is 9.59 Å². The van der Waals surface area contributed by atoms with E-state index >= 15 is 0 Å². The number of likely N-dealkylation sites (N-methyl/N-ethyl adjacent to an activating group) is 1. The molecule has 2 amide bonds. The van der Waals surface area contributed by atoms with Gasteiger partial charge in [-0.25, -0.2) is 0 Å². The van der Waals surface area contributed by atoms with E-state index in [1.165, 1.54) is 12.8 Å². The number of hydrogen-bond donors (Lipinski definition) is 3. The quantitative estimate of drug-likeness (QED) is 0.273. The third-order valence-corrected chi connectivity index (χ3v) is 5.90. The Balaban J connectivity index is 0.00000363. The fourth-order valence-corrected chi connectivity index (χ4v) is 4.33. The van der Waals surface area contributed by atoms with Gasteiger partial charge in [0.25, 0.3) is 0 Å². The minimum atomic E-state index is -0.0366. The Morgan fingerprint density at radius 2 is 1.94 bits per heavy atom. The second kappa shape index (κ2) is 13.0. The van der Waals surface area contributed by atoms with Crippen LogP contribution in [0, 0.1) is 5.92 Å². The molecular weight excluding hydrogens is 519 g/mol. The smallest absolute Gasteiger partial charge is 0.238 e. The zero-order valence-electron chi connectivity index (χ0n) is 19.4. The fourth-order valence-electron chi connectivity index (χ4n) is 4.33. The van der Waals surface area contributed by atoms with Crippen LogP contribution in [0.2, 0.25) is 0 Å². The van der Waals surface area contributed by atoms with Gasteiger partial charge in [-0.15, -0.1) is 24.0 Å². The average molecular weight is 556 g/mol. The van der Waals surface area contributed by atoms with Gasteiger partial charge in [0.1, 0.15) is 0 Å². The monoisotopic (exact) mass is 556 g/mol. The first-order valence-electron chi connectivity index (χ1n) is 11.2. The second-order valence-electron chi connectivity index (χ2n) is 8.81. The number of nitrogens with zero attached hydrogens (tertiary/aromatic N) is 3. The first-order valence-corrected chi connectivity index (χ1v) is 11.2. The SMILES string of the molecule is CN=C(NCc1cccc(NC(=O)CN(C)C)c1)NC1CCN(C(=O)C2CCCC2)C1.I. The van der Waals surface area contributed by atoms with Crippen LogP contribution in [0.1, 0.15) is 37.7 Å². The maximum absolute atomic E-state index is 12.6. The molecule has 3 N–H and O–H groups in total. The molecule has 9 heteroatoms. The van der Waals surface area contributed by atoms with Gasteiger partial charge < -0.3 is 25.8 Å². The second-order valence-corrected chi connectivity index (χ2v) is 8.81. The first kappa shape index (κ1) is 26.4. The van der Waals surface area contributed by atoms with Gasteiger partial charge in [-0.05, 0) is 51.1 Å². The van der Waals surface area contributed by atoms with Crippen molar-refractivity contribution >= 4 is 47.4 Å². The lowest BCUT2D eigenvalue weighted by Crippen LogP contribution is -2.45. The number of likely N-dealkylation sites (tertiary alicyclic amines) is 1. The summed E-state index contributed by atoms with van der Waals surface area (Å²) in [4.78, 5) is 32.8. The molecule has 1 aliphatic heterocycles. The topological polar surface area (TPSA) is 89.1 Å². The van der Waals surface area contributed by atoms with E-state index in [9.17, 15) is 9.59 Å². The number of hydrogen-bond acceptors (Lipinski definition) is 4. The maximum Gasteiger partial charge on any atom is 0.238 e. The van der Waals surface area contributed by atoms with E-state index < -0.39 is 0 Å². The van der Waals surface area contributed by atoms with Crippen molar-refractivity contribution in [2.75, 3.05) is 46.1 Å². The average Bonchev–Trinajstić information content (AvgIpc) is 3.42. The van der Waals surface area contributed by atoms with Crippen molar-refractivity contribution in [2.24, 2.45) is 10.9 Å². The molecule has 178 valence electrons. The third-order valence-electron chi connectivity index (χ3n) is 5.90. The molecule has 1 saturated carbocycles. The molecular formula is C23H37IN6O2. The first-order chi connectivity index (χ1) is 14.9. The molecule has 1 aliphatic carbocycles. The summed E-state index contributed by atoms with van der Waals surface area (Å²) in [5, 5.41) is 9.71. The molecule has 0 bridgehead atoms. The van der Waals surface area contributed by atoms with Gasteiger partial charge in [-0.2, -0.15) is 0 Å². The summed E-state index contributed by atoms with van der Waals surface area (Å²) in [7, 11) is 5.49. The maximum atomic E-state index is 12.6. The van der Waals surface area contributed by atoms with Gasteiger partial charge in [-0.1, -0.05) is 25.0 Å². The lowest BCUT2D eigenvalue weighted by Gasteiger charge is -2.21. The molecule has 1 unspecified atom stereocenters. The Bertz CT molecular complexity index is 794. The van der Waals surface area contributed by atoms with Crippen LogP contribution in [-0.4, -0.2) is 74.4 Å². The number of aliphatic imine (C=N–C) groups is 1. The van der Waals surface area contributed by atoms with Gasteiger partial charge >= 0.3 is 0 Å². The largest absolute Gasteiger partial charge is 0.352 e. The van der Waals surface area contributed by atoms with Crippen molar-refractivity contribution in [2.45, 2.75) is 44.7 Å². The summed E-state index contributed by atoms with van der Waals surface area (Å²) in [6, 6.07) is 8.01. The van der Waals surface area contributed by atoms with Gasteiger partial charge in [0.2, 0.25) is 11.8 Å². The lowest BCUT2D eigenvalue weighted by atomic mass is 10.1. The molecule has 0 aromatic heterocycles. The number of guanidine groups is 1. The fraction of sp³-hybridized carbons (Fsp3) is 0.609. The summed E-state index contributed by atoms with van der Waals surface area (Å²) in [6.45, 7) is 2.50. The molecule has 0 radical (unpaired) electrons. The summed E-state index contributed by atoms with van der Waals surface area (Å²) in [5.74, 6) is 1.26.